The number of H-pyrrole nitrogens is 2. The Kier molecular flexibility index (Phi) is 7.85. The van der Waals surface area contributed by atoms with Gasteiger partial charge in [-0.2, -0.15) is 0 Å². The Morgan fingerprint density at radius 1 is 0.786 bits per heavy atom. The smallest absolute Gasteiger partial charge is 0.318 e. The first-order valence-electron chi connectivity index (χ1n) is 14.3. The summed E-state index contributed by atoms with van der Waals surface area (Å²) in [6.45, 7) is 2.91. The minimum Gasteiger partial charge on any atom is -0.318 e. The quantitative estimate of drug-likeness (QED) is 0.220. The summed E-state index contributed by atoms with van der Waals surface area (Å²) in [6, 6.07) is 26.1. The van der Waals surface area contributed by atoms with Crippen LogP contribution in [0.2, 0.25) is 0 Å². The van der Waals surface area contributed by atoms with Crippen molar-refractivity contribution in [2.24, 2.45) is 0 Å². The molecule has 0 bridgehead atoms. The lowest BCUT2D eigenvalue weighted by Crippen LogP contribution is -2.36. The summed E-state index contributed by atoms with van der Waals surface area (Å²) >= 11 is 0. The molecule has 0 amide bonds. The van der Waals surface area contributed by atoms with E-state index in [-0.39, 0.29) is 5.56 Å². The van der Waals surface area contributed by atoms with Crippen LogP contribution in [-0.4, -0.2) is 39.7 Å². The normalized spacial score (nSPS) is 11.4. The molecule has 212 valence electrons. The van der Waals surface area contributed by atoms with Gasteiger partial charge in [0.1, 0.15) is 5.82 Å². The molecule has 0 unspecified atom stereocenters. The summed E-state index contributed by atoms with van der Waals surface area (Å²) in [5, 5.41) is 14.4. The van der Waals surface area contributed by atoms with Crippen molar-refractivity contribution in [3.05, 3.63) is 117 Å². The van der Waals surface area contributed by atoms with Crippen LogP contribution in [0.15, 0.2) is 88.5 Å². The number of unbranched alkanes of at least 4 members (excludes halogenated alkanes) is 2. The first-order valence-corrected chi connectivity index (χ1v) is 14.3. The molecule has 0 saturated carbocycles. The summed E-state index contributed by atoms with van der Waals surface area (Å²) in [4.78, 5) is 34.3. The number of hydrogen-bond donors (Lipinski definition) is 2. The third-order valence-corrected chi connectivity index (χ3v) is 7.57. The van der Waals surface area contributed by atoms with Crippen LogP contribution in [0.4, 0.5) is 0 Å². The molecule has 0 aliphatic rings. The first-order chi connectivity index (χ1) is 20.6. The van der Waals surface area contributed by atoms with E-state index in [9.17, 15) is 9.59 Å². The van der Waals surface area contributed by atoms with Gasteiger partial charge in [0, 0.05) is 25.1 Å². The van der Waals surface area contributed by atoms with Gasteiger partial charge in [0.25, 0.3) is 5.56 Å². The molecule has 6 rings (SSSR count). The molecule has 6 aromatic rings. The van der Waals surface area contributed by atoms with Crippen molar-refractivity contribution in [1.82, 2.24) is 39.7 Å². The van der Waals surface area contributed by atoms with Crippen molar-refractivity contribution in [1.29, 1.82) is 0 Å². The Labute approximate surface area is 242 Å². The van der Waals surface area contributed by atoms with Gasteiger partial charge >= 0.3 is 5.69 Å². The molecular weight excluding hydrogens is 528 g/mol. The number of aromatic nitrogens is 8. The highest BCUT2D eigenvalue weighted by atomic mass is 16.2. The fourth-order valence-electron chi connectivity index (χ4n) is 5.36. The second kappa shape index (κ2) is 12.2. The molecular formula is C32H32N8O2. The van der Waals surface area contributed by atoms with E-state index in [4.69, 9.17) is 4.98 Å². The van der Waals surface area contributed by atoms with Crippen molar-refractivity contribution in [2.45, 2.75) is 52.1 Å². The van der Waals surface area contributed by atoms with Crippen LogP contribution in [0.3, 0.4) is 0 Å². The topological polar surface area (TPSA) is 127 Å². The molecule has 2 N–H and O–H groups in total. The summed E-state index contributed by atoms with van der Waals surface area (Å²) in [5.41, 5.74) is 5.07. The molecule has 0 fully saturated rings. The van der Waals surface area contributed by atoms with E-state index in [2.05, 4.69) is 56.8 Å². The molecule has 3 aromatic carbocycles. The number of benzene rings is 3. The number of fused-ring (bicyclic) bond motifs is 1. The van der Waals surface area contributed by atoms with Crippen LogP contribution in [0.1, 0.15) is 43.1 Å². The maximum Gasteiger partial charge on any atom is 0.330 e. The maximum absolute atomic E-state index is 13.8. The SMILES string of the molecule is CCCCCc1nc2[nH]c(=O)n(CCc3ccccc3)c(=O)c2n1Cc1ccc(-c2ccccc2-c2nnn[nH]2)cc1. The highest BCUT2D eigenvalue weighted by Gasteiger charge is 2.18. The molecule has 0 atom stereocenters. The van der Waals surface area contributed by atoms with Gasteiger partial charge in [-0.1, -0.05) is 98.6 Å². The molecule has 10 nitrogen and oxygen atoms in total. The molecule has 0 saturated heterocycles. The number of nitrogens with one attached hydrogen (secondary N) is 2. The molecule has 0 aliphatic carbocycles. The van der Waals surface area contributed by atoms with Crippen LogP contribution in [0.5, 0.6) is 0 Å². The second-order valence-electron chi connectivity index (χ2n) is 10.4. The van der Waals surface area contributed by atoms with Gasteiger partial charge in [-0.05, 0) is 45.5 Å². The molecule has 0 aliphatic heterocycles. The van der Waals surface area contributed by atoms with Crippen molar-refractivity contribution in [3.63, 3.8) is 0 Å². The van der Waals surface area contributed by atoms with Crippen LogP contribution < -0.4 is 11.2 Å². The van der Waals surface area contributed by atoms with E-state index in [1.807, 2.05) is 59.2 Å². The van der Waals surface area contributed by atoms with Crippen LogP contribution in [0.25, 0.3) is 33.7 Å². The van der Waals surface area contributed by atoms with Gasteiger partial charge in [0.2, 0.25) is 0 Å². The lowest BCUT2D eigenvalue weighted by Gasteiger charge is -2.12. The number of tetrazole rings is 1. The van der Waals surface area contributed by atoms with Gasteiger partial charge in [0.05, 0.1) is 0 Å². The van der Waals surface area contributed by atoms with Crippen molar-refractivity contribution in [2.75, 3.05) is 0 Å². The third-order valence-electron chi connectivity index (χ3n) is 7.57. The van der Waals surface area contributed by atoms with Gasteiger partial charge in [0.15, 0.2) is 17.0 Å². The zero-order valence-electron chi connectivity index (χ0n) is 23.5. The number of nitrogens with zero attached hydrogens (tertiary/aromatic N) is 6. The number of imidazole rings is 1. The molecule has 42 heavy (non-hydrogen) atoms. The Hall–Kier alpha value is -5.12. The molecule has 0 radical (unpaired) electrons. The molecule has 3 aromatic heterocycles. The van der Waals surface area contributed by atoms with E-state index >= 15 is 0 Å². The van der Waals surface area contributed by atoms with Crippen LogP contribution >= 0.6 is 0 Å². The van der Waals surface area contributed by atoms with Crippen molar-refractivity contribution >= 4 is 11.2 Å². The van der Waals surface area contributed by atoms with Crippen LogP contribution in [-0.2, 0) is 25.9 Å². The predicted octanol–water partition coefficient (Wildman–Crippen LogP) is 4.76. The van der Waals surface area contributed by atoms with Gasteiger partial charge in [-0.15, -0.1) is 5.10 Å². The second-order valence-corrected chi connectivity index (χ2v) is 10.4. The van der Waals surface area contributed by atoms with E-state index in [0.29, 0.717) is 36.5 Å². The summed E-state index contributed by atoms with van der Waals surface area (Å²) in [5.74, 6) is 1.41. The van der Waals surface area contributed by atoms with Crippen molar-refractivity contribution < 1.29 is 0 Å². The van der Waals surface area contributed by atoms with E-state index in [1.54, 1.807) is 0 Å². The molecule has 0 spiro atoms. The standard InChI is InChI=1S/C32H32N8O2/c1-2-3-5-14-27-33-30-28(31(41)39(32(42)34-30)20-19-22-10-6-4-7-11-22)40(27)21-23-15-17-24(18-16-23)25-12-8-9-13-26(25)29-35-37-38-36-29/h4,6-13,15-18H,2-3,5,14,19-21H2,1H3,(H,34,42)(H,35,36,37,38). The minimum absolute atomic E-state index is 0.291. The van der Waals surface area contributed by atoms with Crippen molar-refractivity contribution in [3.8, 4) is 22.5 Å². The third kappa shape index (κ3) is 5.56. The number of hydrogen-bond acceptors (Lipinski definition) is 6. The van der Waals surface area contributed by atoms with Crippen LogP contribution in [0, 0.1) is 0 Å². The highest BCUT2D eigenvalue weighted by Crippen LogP contribution is 2.30. The Bertz CT molecular complexity index is 1900. The number of aryl methyl sites for hydroxylation is 2. The molecule has 3 heterocycles. The number of rotatable bonds is 11. The number of aromatic amines is 2. The fraction of sp³-hybridized carbons (Fsp3) is 0.250. The predicted molar refractivity (Wildman–Crippen MR) is 162 cm³/mol. The Balaban J connectivity index is 1.35. The Morgan fingerprint density at radius 2 is 1.55 bits per heavy atom. The van der Waals surface area contributed by atoms with E-state index < -0.39 is 5.69 Å². The van der Waals surface area contributed by atoms with E-state index in [1.165, 1.54) is 4.57 Å². The van der Waals surface area contributed by atoms with Gasteiger partial charge in [-0.3, -0.25) is 14.3 Å². The monoisotopic (exact) mass is 560 g/mol. The van der Waals surface area contributed by atoms with Gasteiger partial charge < -0.3 is 4.57 Å². The first kappa shape index (κ1) is 27.1. The highest BCUT2D eigenvalue weighted by molar-refractivity contribution is 5.80. The zero-order valence-corrected chi connectivity index (χ0v) is 23.5. The summed E-state index contributed by atoms with van der Waals surface area (Å²) in [6.07, 6.45) is 4.41. The van der Waals surface area contributed by atoms with E-state index in [0.717, 1.165) is 59.3 Å². The fourth-order valence-corrected chi connectivity index (χ4v) is 5.36. The molecule has 10 heteroatoms. The maximum atomic E-state index is 13.8. The summed E-state index contributed by atoms with van der Waals surface area (Å²) < 4.78 is 3.27. The van der Waals surface area contributed by atoms with Gasteiger partial charge in [-0.25, -0.2) is 14.9 Å². The Morgan fingerprint density at radius 3 is 2.29 bits per heavy atom. The average Bonchev–Trinajstić information content (AvgIpc) is 3.67. The largest absolute Gasteiger partial charge is 0.330 e. The average molecular weight is 561 g/mol. The lowest BCUT2D eigenvalue weighted by atomic mass is 9.98. The minimum atomic E-state index is -0.432. The zero-order chi connectivity index (χ0) is 28.9. The summed E-state index contributed by atoms with van der Waals surface area (Å²) in [7, 11) is 0. The lowest BCUT2D eigenvalue weighted by molar-refractivity contribution is 0.628.